The van der Waals surface area contributed by atoms with Gasteiger partial charge in [0.05, 0.1) is 11.1 Å². The van der Waals surface area contributed by atoms with Crippen LogP contribution >= 0.6 is 11.6 Å². The van der Waals surface area contributed by atoms with Crippen molar-refractivity contribution < 1.29 is 13.2 Å². The maximum atomic E-state index is 13.1. The fourth-order valence-electron chi connectivity index (χ4n) is 4.08. The SMILES string of the molecule is FC(F)(F)c1cccc(N2CCN(c3nc(-c4ccc(Cl)cc4)nc4ccccc34)CC2)c1. The molecule has 0 atom stereocenters. The highest BCUT2D eigenvalue weighted by Gasteiger charge is 2.31. The van der Waals surface area contributed by atoms with Crippen LogP contribution in [0.3, 0.4) is 0 Å². The molecule has 0 spiro atoms. The average Bonchev–Trinajstić information content (AvgIpc) is 2.83. The molecule has 1 aliphatic heterocycles. The molecule has 0 unspecified atom stereocenters. The molecule has 4 aromatic rings. The number of piperazine rings is 1. The van der Waals surface area contributed by atoms with E-state index in [1.807, 2.05) is 53.4 Å². The molecule has 8 heteroatoms. The highest BCUT2D eigenvalue weighted by atomic mass is 35.5. The number of benzene rings is 3. The minimum absolute atomic E-state index is 0.582. The van der Waals surface area contributed by atoms with Crippen LogP contribution in [0.4, 0.5) is 24.7 Å². The molecule has 1 aromatic heterocycles. The van der Waals surface area contributed by atoms with Gasteiger partial charge in [-0.1, -0.05) is 29.8 Å². The normalized spacial score (nSPS) is 14.7. The minimum atomic E-state index is -4.35. The first-order chi connectivity index (χ1) is 15.9. The molecule has 0 saturated carbocycles. The molecule has 0 amide bonds. The standard InChI is InChI=1S/C25H20ClF3N4/c26-19-10-8-17(9-11-19)23-30-22-7-2-1-6-21(22)24(31-23)33-14-12-32(13-15-33)20-5-3-4-18(16-20)25(27,28)29/h1-11,16H,12-15H2. The predicted molar refractivity (Wildman–Crippen MR) is 126 cm³/mol. The highest BCUT2D eigenvalue weighted by molar-refractivity contribution is 6.30. The summed E-state index contributed by atoms with van der Waals surface area (Å²) in [5.74, 6) is 1.44. The average molecular weight is 469 g/mol. The van der Waals surface area contributed by atoms with E-state index in [2.05, 4.69) is 4.90 Å². The second kappa shape index (κ2) is 8.56. The highest BCUT2D eigenvalue weighted by Crippen LogP contribution is 2.33. The summed E-state index contributed by atoms with van der Waals surface area (Å²) in [5.41, 5.74) is 1.66. The van der Waals surface area contributed by atoms with E-state index in [0.29, 0.717) is 42.7 Å². The van der Waals surface area contributed by atoms with Gasteiger partial charge in [0, 0.05) is 47.8 Å². The predicted octanol–water partition coefficient (Wildman–Crippen LogP) is 6.30. The summed E-state index contributed by atoms with van der Waals surface area (Å²) < 4.78 is 39.4. The molecule has 33 heavy (non-hydrogen) atoms. The van der Waals surface area contributed by atoms with Crippen LogP contribution in [0.1, 0.15) is 5.56 Å². The Balaban J connectivity index is 1.43. The van der Waals surface area contributed by atoms with E-state index in [9.17, 15) is 13.2 Å². The molecule has 168 valence electrons. The first kappa shape index (κ1) is 21.5. The molecule has 0 N–H and O–H groups in total. The second-order valence-corrected chi connectivity index (χ2v) is 8.35. The van der Waals surface area contributed by atoms with Crippen molar-refractivity contribution in [3.05, 3.63) is 83.4 Å². The smallest absolute Gasteiger partial charge is 0.368 e. The van der Waals surface area contributed by atoms with Gasteiger partial charge in [-0.05, 0) is 54.6 Å². The molecule has 0 radical (unpaired) electrons. The van der Waals surface area contributed by atoms with E-state index in [0.717, 1.165) is 28.4 Å². The Labute approximate surface area is 194 Å². The third kappa shape index (κ3) is 4.46. The van der Waals surface area contributed by atoms with Crippen molar-refractivity contribution in [2.45, 2.75) is 6.18 Å². The summed E-state index contributed by atoms with van der Waals surface area (Å²) in [6.07, 6.45) is -4.35. The lowest BCUT2D eigenvalue weighted by molar-refractivity contribution is -0.137. The Hall–Kier alpha value is -3.32. The molecule has 1 fully saturated rings. The van der Waals surface area contributed by atoms with Gasteiger partial charge in [-0.3, -0.25) is 0 Å². The largest absolute Gasteiger partial charge is 0.416 e. The summed E-state index contributed by atoms with van der Waals surface area (Å²) in [5, 5.41) is 1.59. The summed E-state index contributed by atoms with van der Waals surface area (Å²) in [6, 6.07) is 20.8. The van der Waals surface area contributed by atoms with Crippen molar-refractivity contribution in [1.82, 2.24) is 9.97 Å². The van der Waals surface area contributed by atoms with Crippen molar-refractivity contribution >= 4 is 34.0 Å². The van der Waals surface area contributed by atoms with Gasteiger partial charge in [-0.2, -0.15) is 13.2 Å². The summed E-state index contributed by atoms with van der Waals surface area (Å²) in [6.45, 7) is 2.46. The number of halogens is 4. The van der Waals surface area contributed by atoms with Gasteiger partial charge >= 0.3 is 6.18 Å². The van der Waals surface area contributed by atoms with Gasteiger partial charge in [0.2, 0.25) is 0 Å². The van der Waals surface area contributed by atoms with Gasteiger partial charge < -0.3 is 9.80 Å². The maximum Gasteiger partial charge on any atom is 0.416 e. The van der Waals surface area contributed by atoms with Crippen LogP contribution in [-0.2, 0) is 6.18 Å². The van der Waals surface area contributed by atoms with Gasteiger partial charge in [0.25, 0.3) is 0 Å². The Morgan fingerprint density at radius 1 is 0.758 bits per heavy atom. The van der Waals surface area contributed by atoms with E-state index in [1.54, 1.807) is 6.07 Å². The fraction of sp³-hybridized carbons (Fsp3) is 0.200. The van der Waals surface area contributed by atoms with Gasteiger partial charge in [-0.25, -0.2) is 9.97 Å². The van der Waals surface area contributed by atoms with Crippen LogP contribution < -0.4 is 9.80 Å². The summed E-state index contributed by atoms with van der Waals surface area (Å²) >= 11 is 6.03. The van der Waals surface area contributed by atoms with Crippen LogP contribution in [-0.4, -0.2) is 36.1 Å². The lowest BCUT2D eigenvalue weighted by Gasteiger charge is -2.37. The number of hydrogen-bond acceptors (Lipinski definition) is 4. The summed E-state index contributed by atoms with van der Waals surface area (Å²) in [4.78, 5) is 13.8. The van der Waals surface area contributed by atoms with Crippen LogP contribution in [0.5, 0.6) is 0 Å². The molecular weight excluding hydrogens is 449 g/mol. The van der Waals surface area contributed by atoms with E-state index in [4.69, 9.17) is 21.6 Å². The molecule has 3 aromatic carbocycles. The molecule has 5 rings (SSSR count). The van der Waals surface area contributed by atoms with Crippen molar-refractivity contribution in [3.63, 3.8) is 0 Å². The number of alkyl halides is 3. The molecule has 0 bridgehead atoms. The Morgan fingerprint density at radius 2 is 1.45 bits per heavy atom. The zero-order valence-electron chi connectivity index (χ0n) is 17.6. The number of aromatic nitrogens is 2. The fourth-order valence-corrected chi connectivity index (χ4v) is 4.21. The van der Waals surface area contributed by atoms with E-state index in [1.165, 1.54) is 12.1 Å². The van der Waals surface area contributed by atoms with Crippen molar-refractivity contribution in [2.24, 2.45) is 0 Å². The van der Waals surface area contributed by atoms with Gasteiger partial charge in [0.15, 0.2) is 5.82 Å². The van der Waals surface area contributed by atoms with Crippen molar-refractivity contribution in [1.29, 1.82) is 0 Å². The van der Waals surface area contributed by atoms with Crippen molar-refractivity contribution in [2.75, 3.05) is 36.0 Å². The van der Waals surface area contributed by atoms with Crippen LogP contribution in [0, 0.1) is 0 Å². The first-order valence-electron chi connectivity index (χ1n) is 10.6. The zero-order valence-corrected chi connectivity index (χ0v) is 18.3. The Bertz CT molecular complexity index is 1280. The molecular formula is C25H20ClF3N4. The number of fused-ring (bicyclic) bond motifs is 1. The molecule has 1 saturated heterocycles. The van der Waals surface area contributed by atoms with Crippen LogP contribution in [0.25, 0.3) is 22.3 Å². The summed E-state index contributed by atoms with van der Waals surface area (Å²) in [7, 11) is 0. The number of anilines is 2. The quantitative estimate of drug-likeness (QED) is 0.353. The Kier molecular flexibility index (Phi) is 5.58. The third-order valence-electron chi connectivity index (χ3n) is 5.80. The Morgan fingerprint density at radius 3 is 2.18 bits per heavy atom. The topological polar surface area (TPSA) is 32.3 Å². The monoisotopic (exact) mass is 468 g/mol. The number of hydrogen-bond donors (Lipinski definition) is 0. The van der Waals surface area contributed by atoms with E-state index >= 15 is 0 Å². The van der Waals surface area contributed by atoms with Gasteiger partial charge in [-0.15, -0.1) is 0 Å². The number of rotatable bonds is 3. The lowest BCUT2D eigenvalue weighted by atomic mass is 10.1. The van der Waals surface area contributed by atoms with Crippen LogP contribution in [0.2, 0.25) is 5.02 Å². The maximum absolute atomic E-state index is 13.1. The third-order valence-corrected chi connectivity index (χ3v) is 6.06. The van der Waals surface area contributed by atoms with E-state index in [-0.39, 0.29) is 0 Å². The molecule has 4 nitrogen and oxygen atoms in total. The number of para-hydroxylation sites is 1. The second-order valence-electron chi connectivity index (χ2n) is 7.92. The lowest BCUT2D eigenvalue weighted by Crippen LogP contribution is -2.47. The zero-order chi connectivity index (χ0) is 23.0. The van der Waals surface area contributed by atoms with Gasteiger partial charge in [0.1, 0.15) is 5.82 Å². The molecule has 1 aliphatic rings. The van der Waals surface area contributed by atoms with Crippen LogP contribution in [0.15, 0.2) is 72.8 Å². The molecule has 0 aliphatic carbocycles. The van der Waals surface area contributed by atoms with E-state index < -0.39 is 11.7 Å². The molecule has 2 heterocycles. The van der Waals surface area contributed by atoms with Crippen molar-refractivity contribution in [3.8, 4) is 11.4 Å². The first-order valence-corrected chi connectivity index (χ1v) is 11.0. The number of nitrogens with zero attached hydrogens (tertiary/aromatic N) is 4. The minimum Gasteiger partial charge on any atom is -0.368 e.